The standard InChI is InChI=1S/C28H25Si/c1-28(2,3)27-17-11-10-16-24(27)18-19-29-20-25(22-12-6-4-7-13-22)26(21-29)23-14-8-5-9-15-23/h4-17,20-21H,1-3H3. The van der Waals surface area contributed by atoms with E-state index in [9.17, 15) is 0 Å². The molecule has 0 saturated carbocycles. The van der Waals surface area contributed by atoms with Crippen molar-refractivity contribution in [1.82, 2.24) is 0 Å². The Kier molecular flexibility index (Phi) is 5.38. The van der Waals surface area contributed by atoms with Crippen LogP contribution < -0.4 is 0 Å². The molecule has 0 spiro atoms. The molecule has 1 heterocycles. The Morgan fingerprint density at radius 3 is 1.62 bits per heavy atom. The summed E-state index contributed by atoms with van der Waals surface area (Å²) < 4.78 is 0. The van der Waals surface area contributed by atoms with Crippen LogP contribution in [0.25, 0.3) is 11.1 Å². The van der Waals surface area contributed by atoms with Gasteiger partial charge in [0.2, 0.25) is 0 Å². The van der Waals surface area contributed by atoms with Crippen molar-refractivity contribution in [3.63, 3.8) is 0 Å². The van der Waals surface area contributed by atoms with Crippen LogP contribution in [0, 0.1) is 11.5 Å². The van der Waals surface area contributed by atoms with E-state index in [0.29, 0.717) is 0 Å². The van der Waals surface area contributed by atoms with Crippen LogP contribution in [-0.2, 0) is 5.41 Å². The van der Waals surface area contributed by atoms with Crippen LogP contribution >= 0.6 is 0 Å². The average Bonchev–Trinajstić information content (AvgIpc) is 3.17. The predicted octanol–water partition coefficient (Wildman–Crippen LogP) is 6.63. The molecule has 0 unspecified atom stereocenters. The van der Waals surface area contributed by atoms with Crippen molar-refractivity contribution < 1.29 is 0 Å². The quantitative estimate of drug-likeness (QED) is 0.341. The summed E-state index contributed by atoms with van der Waals surface area (Å²) in [7, 11) is -1.05. The van der Waals surface area contributed by atoms with Gasteiger partial charge in [0.05, 0.1) is 0 Å². The van der Waals surface area contributed by atoms with Gasteiger partial charge in [0.15, 0.2) is 8.80 Å². The molecule has 0 saturated heterocycles. The summed E-state index contributed by atoms with van der Waals surface area (Å²) in [4.78, 5) is 0. The van der Waals surface area contributed by atoms with E-state index in [1.807, 2.05) is 0 Å². The van der Waals surface area contributed by atoms with E-state index in [1.165, 1.54) is 27.8 Å². The lowest BCUT2D eigenvalue weighted by atomic mass is 9.84. The first-order valence-electron chi connectivity index (χ1n) is 10.1. The lowest BCUT2D eigenvalue weighted by molar-refractivity contribution is 0.589. The van der Waals surface area contributed by atoms with E-state index >= 15 is 0 Å². The second-order valence-corrected chi connectivity index (χ2v) is 10.1. The highest BCUT2D eigenvalue weighted by Crippen LogP contribution is 2.35. The monoisotopic (exact) mass is 389 g/mol. The van der Waals surface area contributed by atoms with Crippen molar-refractivity contribution in [2.24, 2.45) is 0 Å². The molecule has 1 radical (unpaired) electrons. The number of hydrogen-bond donors (Lipinski definition) is 0. The molecule has 0 amide bonds. The maximum Gasteiger partial charge on any atom is 0.199 e. The van der Waals surface area contributed by atoms with Crippen LogP contribution in [0.15, 0.2) is 96.3 Å². The van der Waals surface area contributed by atoms with Crippen molar-refractivity contribution in [1.29, 1.82) is 0 Å². The first-order valence-corrected chi connectivity index (χ1v) is 11.7. The van der Waals surface area contributed by atoms with Gasteiger partial charge in [-0.15, -0.1) is 5.54 Å². The van der Waals surface area contributed by atoms with Gasteiger partial charge in [-0.1, -0.05) is 117 Å². The van der Waals surface area contributed by atoms with Crippen LogP contribution in [0.5, 0.6) is 0 Å². The third-order valence-corrected chi connectivity index (χ3v) is 6.75. The molecular weight excluding hydrogens is 364 g/mol. The van der Waals surface area contributed by atoms with Crippen LogP contribution in [0.1, 0.15) is 43.0 Å². The van der Waals surface area contributed by atoms with Crippen molar-refractivity contribution in [2.75, 3.05) is 0 Å². The van der Waals surface area contributed by atoms with Crippen molar-refractivity contribution in [2.45, 2.75) is 26.2 Å². The fourth-order valence-electron chi connectivity index (χ4n) is 3.68. The van der Waals surface area contributed by atoms with Gasteiger partial charge in [0.25, 0.3) is 0 Å². The van der Waals surface area contributed by atoms with E-state index in [2.05, 4.69) is 129 Å². The Balaban J connectivity index is 1.74. The molecule has 3 aromatic rings. The Morgan fingerprint density at radius 2 is 1.10 bits per heavy atom. The van der Waals surface area contributed by atoms with Crippen LogP contribution in [0.3, 0.4) is 0 Å². The highest BCUT2D eigenvalue weighted by Gasteiger charge is 2.21. The van der Waals surface area contributed by atoms with E-state index in [0.717, 1.165) is 5.56 Å². The molecule has 4 rings (SSSR count). The zero-order chi connectivity index (χ0) is 20.3. The van der Waals surface area contributed by atoms with E-state index in [1.54, 1.807) is 0 Å². The maximum absolute atomic E-state index is 3.61. The minimum Gasteiger partial charge on any atom is -0.117 e. The summed E-state index contributed by atoms with van der Waals surface area (Å²) in [5, 5.41) is 0. The lowest BCUT2D eigenvalue weighted by Crippen LogP contribution is -2.13. The van der Waals surface area contributed by atoms with Gasteiger partial charge >= 0.3 is 0 Å². The van der Waals surface area contributed by atoms with Gasteiger partial charge in [-0.3, -0.25) is 0 Å². The summed E-state index contributed by atoms with van der Waals surface area (Å²) >= 11 is 0. The molecule has 3 aromatic carbocycles. The zero-order valence-electron chi connectivity index (χ0n) is 17.2. The second-order valence-electron chi connectivity index (χ2n) is 8.35. The topological polar surface area (TPSA) is 0 Å². The number of benzene rings is 3. The first kappa shape index (κ1) is 19.2. The molecule has 0 nitrogen and oxygen atoms in total. The number of hydrogen-bond acceptors (Lipinski definition) is 0. The molecule has 0 bridgehead atoms. The minimum atomic E-state index is -1.05. The summed E-state index contributed by atoms with van der Waals surface area (Å²) in [6.45, 7) is 6.74. The van der Waals surface area contributed by atoms with Gasteiger partial charge in [0.1, 0.15) is 0 Å². The number of rotatable bonds is 2. The lowest BCUT2D eigenvalue weighted by Gasteiger charge is -2.20. The van der Waals surface area contributed by atoms with Crippen LogP contribution in [0.4, 0.5) is 0 Å². The fraction of sp³-hybridized carbons (Fsp3) is 0.143. The van der Waals surface area contributed by atoms with E-state index < -0.39 is 8.80 Å². The van der Waals surface area contributed by atoms with Gasteiger partial charge in [0, 0.05) is 5.56 Å². The van der Waals surface area contributed by atoms with E-state index in [-0.39, 0.29) is 5.41 Å². The summed E-state index contributed by atoms with van der Waals surface area (Å²) in [6.07, 6.45) is 0. The van der Waals surface area contributed by atoms with Crippen LogP contribution in [0.2, 0.25) is 0 Å². The molecule has 1 aliphatic heterocycles. The zero-order valence-corrected chi connectivity index (χ0v) is 18.2. The van der Waals surface area contributed by atoms with E-state index in [4.69, 9.17) is 0 Å². The molecule has 0 aromatic heterocycles. The predicted molar refractivity (Wildman–Crippen MR) is 127 cm³/mol. The van der Waals surface area contributed by atoms with Crippen molar-refractivity contribution >= 4 is 19.9 Å². The molecule has 0 N–H and O–H groups in total. The Labute approximate surface area is 176 Å². The molecule has 1 heteroatoms. The normalized spacial score (nSPS) is 14.0. The average molecular weight is 390 g/mol. The van der Waals surface area contributed by atoms with Crippen molar-refractivity contribution in [3.8, 4) is 11.5 Å². The summed E-state index contributed by atoms with van der Waals surface area (Å²) in [6, 6.07) is 29.9. The maximum atomic E-state index is 3.61. The minimum absolute atomic E-state index is 0.0917. The third kappa shape index (κ3) is 4.34. The largest absolute Gasteiger partial charge is 0.199 e. The molecule has 0 aliphatic carbocycles. The highest BCUT2D eigenvalue weighted by molar-refractivity contribution is 6.81. The first-order chi connectivity index (χ1) is 14.0. The van der Waals surface area contributed by atoms with Gasteiger partial charge in [-0.25, -0.2) is 0 Å². The SMILES string of the molecule is CC(C)(C)c1ccccc1C#C[Si]1C=C(c2ccccc2)C(c2ccccc2)=C1. The molecular formula is C28H25Si. The molecule has 0 fully saturated rings. The Hall–Kier alpha value is -3.08. The Bertz CT molecular complexity index is 1060. The highest BCUT2D eigenvalue weighted by atomic mass is 28.3. The third-order valence-electron chi connectivity index (χ3n) is 5.14. The van der Waals surface area contributed by atoms with Gasteiger partial charge in [-0.2, -0.15) is 0 Å². The second kappa shape index (κ2) is 8.11. The molecule has 141 valence electrons. The van der Waals surface area contributed by atoms with Gasteiger partial charge < -0.3 is 0 Å². The summed E-state index contributed by atoms with van der Waals surface area (Å²) in [5.41, 5.74) is 16.1. The molecule has 29 heavy (non-hydrogen) atoms. The molecule has 1 aliphatic rings. The van der Waals surface area contributed by atoms with Gasteiger partial charge in [-0.05, 0) is 39.3 Å². The fourth-order valence-corrected chi connectivity index (χ4v) is 5.45. The summed E-state index contributed by atoms with van der Waals surface area (Å²) in [5.74, 6) is 3.51. The van der Waals surface area contributed by atoms with Crippen LogP contribution in [-0.4, -0.2) is 8.80 Å². The number of allylic oxidation sites excluding steroid dienone is 2. The molecule has 0 atom stereocenters. The Morgan fingerprint density at radius 1 is 0.621 bits per heavy atom. The van der Waals surface area contributed by atoms with Crippen molar-refractivity contribution in [3.05, 3.63) is 119 Å². The smallest absolute Gasteiger partial charge is 0.117 e.